The Hall–Kier alpha value is -1.97. The fourth-order valence-corrected chi connectivity index (χ4v) is 2.04. The molecule has 0 fully saturated rings. The molecule has 5 rings (SSSR count). The summed E-state index contributed by atoms with van der Waals surface area (Å²) in [5, 5.41) is 4.26. The van der Waals surface area contributed by atoms with Gasteiger partial charge in [0, 0.05) is 0 Å². The van der Waals surface area contributed by atoms with Gasteiger partial charge in [0.05, 0.1) is 0 Å². The normalized spacial score (nSPS) is 20.0. The van der Waals surface area contributed by atoms with Crippen LogP contribution in [0.2, 0.25) is 0 Å². The van der Waals surface area contributed by atoms with Crippen LogP contribution in [0, 0.1) is 0 Å². The second-order valence-electron chi connectivity index (χ2n) is 3.51. The van der Waals surface area contributed by atoms with Gasteiger partial charge in [-0.3, -0.25) is 0 Å². The van der Waals surface area contributed by atoms with Gasteiger partial charge in [-0.15, -0.1) is 5.10 Å². The fourth-order valence-electron chi connectivity index (χ4n) is 2.04. The first-order chi connectivity index (χ1) is 6.95. The van der Waals surface area contributed by atoms with Gasteiger partial charge in [0.15, 0.2) is 5.69 Å². The number of anilines is 2. The average Bonchev–Trinajstić information content (AvgIpc) is 2.26. The predicted octanol–water partition coefficient (Wildman–Crippen LogP) is 0.776. The van der Waals surface area contributed by atoms with Gasteiger partial charge in [0.2, 0.25) is 0 Å². The van der Waals surface area contributed by atoms with Crippen LogP contribution in [0.25, 0.3) is 0 Å². The van der Waals surface area contributed by atoms with Gasteiger partial charge in [-0.05, 0) is 12.1 Å². The molecule has 0 N–H and O–H groups in total. The van der Waals surface area contributed by atoms with E-state index in [1.165, 1.54) is 5.69 Å². The molecule has 4 bridgehead atoms. The molecule has 2 aromatic rings. The average molecular weight is 183 g/mol. The van der Waals surface area contributed by atoms with Crippen molar-refractivity contribution in [3.8, 4) is 0 Å². The van der Waals surface area contributed by atoms with E-state index in [0.717, 1.165) is 11.6 Å². The summed E-state index contributed by atoms with van der Waals surface area (Å²) >= 11 is 0. The summed E-state index contributed by atoms with van der Waals surface area (Å²) in [5.41, 5.74) is 2.25. The molecule has 3 aliphatic heterocycles. The Kier molecular flexibility index (Phi) is 0.889. The van der Waals surface area contributed by atoms with Crippen molar-refractivity contribution in [1.29, 1.82) is 0 Å². The first kappa shape index (κ1) is 6.48. The van der Waals surface area contributed by atoms with Crippen LogP contribution >= 0.6 is 0 Å². The van der Waals surface area contributed by atoms with E-state index in [4.69, 9.17) is 0 Å². The van der Waals surface area contributed by atoms with E-state index in [0.29, 0.717) is 6.17 Å². The first-order valence-electron chi connectivity index (χ1n) is 4.58. The van der Waals surface area contributed by atoms with Gasteiger partial charge >= 0.3 is 5.95 Å². The van der Waals surface area contributed by atoms with Gasteiger partial charge in [0.1, 0.15) is 11.9 Å². The number of fused-ring (bicyclic) bond motifs is 1. The molecular formula is C10H7N4+. The number of rotatable bonds is 1. The molecular weight excluding hydrogens is 176 g/mol. The molecule has 0 amide bonds. The Morgan fingerprint density at radius 2 is 2.07 bits per heavy atom. The molecule has 1 aromatic carbocycles. The monoisotopic (exact) mass is 183 g/mol. The Labute approximate surface area is 80.4 Å². The van der Waals surface area contributed by atoms with Crippen molar-refractivity contribution < 1.29 is 4.68 Å². The lowest BCUT2D eigenvalue weighted by atomic mass is 10.1. The van der Waals surface area contributed by atoms with Crippen LogP contribution in [0.15, 0.2) is 36.5 Å². The molecule has 0 saturated carbocycles. The minimum atomic E-state index is 0.324. The molecule has 3 aliphatic rings. The van der Waals surface area contributed by atoms with Crippen molar-refractivity contribution in [2.24, 2.45) is 0 Å². The molecule has 0 saturated heterocycles. The molecule has 0 aliphatic carbocycles. The smallest absolute Gasteiger partial charge is 0.185 e. The standard InChI is InChI=1S/C10H7N4/c1-2-4-7(5-3-1)13-9-8-6-11-10(13)14(9)12-8/h1-6,9H/q+1. The minimum absolute atomic E-state index is 0.324. The third-order valence-corrected chi connectivity index (χ3v) is 2.73. The van der Waals surface area contributed by atoms with Gasteiger partial charge in [-0.1, -0.05) is 27.9 Å². The van der Waals surface area contributed by atoms with Crippen molar-refractivity contribution in [2.75, 3.05) is 4.90 Å². The molecule has 0 spiro atoms. The number of nitrogens with zero attached hydrogens (tertiary/aromatic N) is 4. The predicted molar refractivity (Wildman–Crippen MR) is 48.9 cm³/mol. The van der Waals surface area contributed by atoms with E-state index < -0.39 is 0 Å². The fraction of sp³-hybridized carbons (Fsp3) is 0.100. The highest BCUT2D eigenvalue weighted by molar-refractivity contribution is 5.60. The summed E-state index contributed by atoms with van der Waals surface area (Å²) < 4.78 is 1.95. The van der Waals surface area contributed by atoms with Crippen molar-refractivity contribution in [3.05, 3.63) is 42.2 Å². The molecule has 66 valence electrons. The Morgan fingerprint density at radius 3 is 2.64 bits per heavy atom. The first-order valence-corrected chi connectivity index (χ1v) is 4.58. The number of para-hydroxylation sites is 1. The minimum Gasteiger partial charge on any atom is -0.185 e. The highest BCUT2D eigenvalue weighted by Crippen LogP contribution is 2.40. The van der Waals surface area contributed by atoms with E-state index in [9.17, 15) is 0 Å². The molecule has 14 heavy (non-hydrogen) atoms. The van der Waals surface area contributed by atoms with Gasteiger partial charge < -0.3 is 0 Å². The van der Waals surface area contributed by atoms with E-state index >= 15 is 0 Å². The number of hydrogen-bond donors (Lipinski definition) is 0. The van der Waals surface area contributed by atoms with E-state index in [1.54, 1.807) is 0 Å². The maximum absolute atomic E-state index is 4.30. The van der Waals surface area contributed by atoms with Crippen molar-refractivity contribution in [2.45, 2.75) is 6.17 Å². The van der Waals surface area contributed by atoms with E-state index in [1.807, 2.05) is 29.1 Å². The van der Waals surface area contributed by atoms with Crippen LogP contribution in [-0.4, -0.2) is 10.1 Å². The second-order valence-corrected chi connectivity index (χ2v) is 3.51. The highest BCUT2D eigenvalue weighted by Gasteiger charge is 2.57. The third kappa shape index (κ3) is 0.537. The zero-order chi connectivity index (χ0) is 9.12. The van der Waals surface area contributed by atoms with Gasteiger partial charge in [-0.2, -0.15) is 4.90 Å². The lowest BCUT2D eigenvalue weighted by Crippen LogP contribution is -2.72. The van der Waals surface area contributed by atoms with Crippen LogP contribution in [0.3, 0.4) is 0 Å². The summed E-state index contributed by atoms with van der Waals surface area (Å²) in [5.74, 6) is 0.941. The van der Waals surface area contributed by atoms with Gasteiger partial charge in [-0.25, -0.2) is 0 Å². The molecule has 4 heterocycles. The third-order valence-electron chi connectivity index (χ3n) is 2.73. The summed E-state index contributed by atoms with van der Waals surface area (Å²) in [6, 6.07) is 10.3. The van der Waals surface area contributed by atoms with Crippen molar-refractivity contribution in [1.82, 2.24) is 10.1 Å². The summed E-state index contributed by atoms with van der Waals surface area (Å²) in [7, 11) is 0. The van der Waals surface area contributed by atoms with E-state index in [-0.39, 0.29) is 0 Å². The Balaban J connectivity index is 1.87. The molecule has 4 heteroatoms. The molecule has 1 atom stereocenters. The number of hydrogen-bond acceptors (Lipinski definition) is 3. The quantitative estimate of drug-likeness (QED) is 0.612. The highest BCUT2D eigenvalue weighted by atomic mass is 15.6. The van der Waals surface area contributed by atoms with E-state index in [2.05, 4.69) is 27.1 Å². The second kappa shape index (κ2) is 1.92. The van der Waals surface area contributed by atoms with Crippen molar-refractivity contribution >= 4 is 11.6 Å². The lowest BCUT2D eigenvalue weighted by Gasteiger charge is -2.38. The number of benzene rings is 1. The van der Waals surface area contributed by atoms with Crippen LogP contribution in [0.4, 0.5) is 11.6 Å². The molecule has 1 aromatic heterocycles. The number of aromatic nitrogens is 3. The lowest BCUT2D eigenvalue weighted by molar-refractivity contribution is -0.822. The van der Waals surface area contributed by atoms with Crippen LogP contribution in [-0.2, 0) is 0 Å². The van der Waals surface area contributed by atoms with Crippen LogP contribution in [0.1, 0.15) is 11.9 Å². The Bertz CT molecular complexity index is 519. The zero-order valence-corrected chi connectivity index (χ0v) is 7.33. The molecule has 1 unspecified atom stereocenters. The van der Waals surface area contributed by atoms with Crippen molar-refractivity contribution in [3.63, 3.8) is 0 Å². The SMILES string of the molecule is C1=C2N=[N+]3C(=N1)N(c1ccccc1)C23. The van der Waals surface area contributed by atoms with Crippen LogP contribution < -0.4 is 9.58 Å². The maximum Gasteiger partial charge on any atom is 0.425 e. The Morgan fingerprint density at radius 1 is 1.21 bits per heavy atom. The largest absolute Gasteiger partial charge is 0.425 e. The summed E-state index contributed by atoms with van der Waals surface area (Å²) in [4.78, 5) is 6.49. The topological polar surface area (TPSA) is 32.9 Å². The van der Waals surface area contributed by atoms with Crippen LogP contribution in [0.5, 0.6) is 0 Å². The van der Waals surface area contributed by atoms with Gasteiger partial charge in [0.25, 0.3) is 6.17 Å². The molecule has 4 nitrogen and oxygen atoms in total. The summed E-state index contributed by atoms with van der Waals surface area (Å²) in [6.07, 6.45) is 2.17. The summed E-state index contributed by atoms with van der Waals surface area (Å²) in [6.45, 7) is 0. The zero-order valence-electron chi connectivity index (χ0n) is 7.33. The molecule has 0 radical (unpaired) electrons. The maximum atomic E-state index is 4.30.